The minimum absolute atomic E-state index is 0.0128. The topological polar surface area (TPSA) is 80.0 Å². The number of hydrogen-bond acceptors (Lipinski definition) is 7. The van der Waals surface area contributed by atoms with Crippen molar-refractivity contribution in [2.75, 3.05) is 29.9 Å². The molecule has 3 heterocycles. The molecule has 2 aromatic rings. The summed E-state index contributed by atoms with van der Waals surface area (Å²) < 4.78 is 6.16. The molecule has 132 valence electrons. The number of rotatable bonds is 5. The summed E-state index contributed by atoms with van der Waals surface area (Å²) in [6.45, 7) is 4.79. The number of fused-ring (bicyclic) bond motifs is 1. The fourth-order valence-corrected chi connectivity index (χ4v) is 4.59. The molecule has 0 radical (unpaired) electrons. The van der Waals surface area contributed by atoms with Gasteiger partial charge in [-0.2, -0.15) is 0 Å². The van der Waals surface area contributed by atoms with Crippen molar-refractivity contribution < 1.29 is 4.42 Å². The fraction of sp³-hybridized carbons (Fsp3) is 0.667. The Morgan fingerprint density at radius 2 is 2.12 bits per heavy atom. The monoisotopic (exact) mass is 340 g/mol. The van der Waals surface area contributed by atoms with E-state index in [0.29, 0.717) is 11.8 Å². The van der Waals surface area contributed by atoms with Crippen molar-refractivity contribution in [3.63, 3.8) is 0 Å². The van der Waals surface area contributed by atoms with Gasteiger partial charge in [-0.05, 0) is 38.5 Å². The van der Waals surface area contributed by atoms with E-state index >= 15 is 0 Å². The average molecular weight is 340 g/mol. The van der Waals surface area contributed by atoms with Crippen LogP contribution in [0.2, 0.25) is 0 Å². The molecule has 3 fully saturated rings. The highest BCUT2D eigenvalue weighted by Gasteiger charge is 2.55. The lowest BCUT2D eigenvalue weighted by atomic mass is 9.80. The van der Waals surface area contributed by atoms with Crippen molar-refractivity contribution >= 4 is 11.6 Å². The van der Waals surface area contributed by atoms with Crippen LogP contribution in [0.5, 0.6) is 0 Å². The molecule has 2 atom stereocenters. The number of anilines is 2. The minimum atomic E-state index is -0.0128. The lowest BCUT2D eigenvalue weighted by molar-refractivity contribution is 0.296. The zero-order valence-electron chi connectivity index (χ0n) is 14.6. The highest BCUT2D eigenvalue weighted by atomic mass is 16.4. The lowest BCUT2D eigenvalue weighted by Gasteiger charge is -2.25. The number of nitrogens with one attached hydrogen (secondary N) is 1. The molecular weight excluding hydrogens is 316 g/mol. The Hall–Kier alpha value is -2.18. The van der Waals surface area contributed by atoms with E-state index in [0.717, 1.165) is 49.5 Å². The first-order valence-electron chi connectivity index (χ1n) is 9.44. The summed E-state index contributed by atoms with van der Waals surface area (Å²) in [6.07, 6.45) is 9.47. The molecule has 25 heavy (non-hydrogen) atoms. The lowest BCUT2D eigenvalue weighted by Crippen LogP contribution is -2.33. The maximum absolute atomic E-state index is 6.16. The zero-order valence-corrected chi connectivity index (χ0v) is 14.6. The van der Waals surface area contributed by atoms with E-state index in [4.69, 9.17) is 4.42 Å². The summed E-state index contributed by atoms with van der Waals surface area (Å²) in [4.78, 5) is 11.4. The summed E-state index contributed by atoms with van der Waals surface area (Å²) in [6, 6.07) is 0. The zero-order chi connectivity index (χ0) is 16.9. The maximum Gasteiger partial charge on any atom is 0.224 e. The molecule has 3 aliphatic rings. The highest BCUT2D eigenvalue weighted by Crippen LogP contribution is 2.52. The van der Waals surface area contributed by atoms with Crippen molar-refractivity contribution in [1.82, 2.24) is 20.2 Å². The molecule has 2 saturated carbocycles. The standard InChI is InChI=1S/C18H24N6O/c1-2-19-14-15(21-9-8-20-14)24-10-13-4-3-7-18(13,11-24)17-23-22-16(25-17)12-5-6-12/h8-9,12-13H,2-7,10-11H2,1H3,(H,19,20)/t13-,18-/m0/s1. The van der Waals surface area contributed by atoms with Crippen molar-refractivity contribution in [3.05, 3.63) is 24.2 Å². The van der Waals surface area contributed by atoms with Gasteiger partial charge >= 0.3 is 0 Å². The highest BCUT2D eigenvalue weighted by molar-refractivity contribution is 5.61. The van der Waals surface area contributed by atoms with E-state index in [1.807, 2.05) is 0 Å². The molecule has 1 aliphatic heterocycles. The van der Waals surface area contributed by atoms with Gasteiger partial charge in [0.1, 0.15) is 0 Å². The van der Waals surface area contributed by atoms with Crippen LogP contribution in [-0.2, 0) is 5.41 Å². The van der Waals surface area contributed by atoms with Crippen LogP contribution in [0.1, 0.15) is 56.7 Å². The van der Waals surface area contributed by atoms with Crippen LogP contribution in [0, 0.1) is 5.92 Å². The molecule has 0 bridgehead atoms. The largest absolute Gasteiger partial charge is 0.424 e. The van der Waals surface area contributed by atoms with Gasteiger partial charge in [0.15, 0.2) is 11.6 Å². The Morgan fingerprint density at radius 1 is 1.24 bits per heavy atom. The fourth-order valence-electron chi connectivity index (χ4n) is 4.59. The smallest absolute Gasteiger partial charge is 0.224 e. The number of nitrogens with zero attached hydrogens (tertiary/aromatic N) is 5. The van der Waals surface area contributed by atoms with Crippen molar-refractivity contribution in [2.24, 2.45) is 5.92 Å². The Balaban J connectivity index is 1.47. The van der Waals surface area contributed by atoms with E-state index in [9.17, 15) is 0 Å². The first-order chi connectivity index (χ1) is 12.3. The normalized spacial score (nSPS) is 28.4. The Kier molecular flexibility index (Phi) is 3.43. The Bertz CT molecular complexity index is 772. The predicted molar refractivity (Wildman–Crippen MR) is 93.7 cm³/mol. The maximum atomic E-state index is 6.16. The van der Waals surface area contributed by atoms with E-state index in [1.54, 1.807) is 12.4 Å². The van der Waals surface area contributed by atoms with E-state index < -0.39 is 0 Å². The van der Waals surface area contributed by atoms with Crippen LogP contribution in [0.25, 0.3) is 0 Å². The predicted octanol–water partition coefficient (Wildman–Crippen LogP) is 2.73. The van der Waals surface area contributed by atoms with E-state index in [-0.39, 0.29) is 5.41 Å². The third-order valence-electron chi connectivity index (χ3n) is 5.99. The Morgan fingerprint density at radius 3 is 2.96 bits per heavy atom. The van der Waals surface area contributed by atoms with Gasteiger partial charge in [-0.25, -0.2) is 9.97 Å². The van der Waals surface area contributed by atoms with Gasteiger partial charge in [-0.3, -0.25) is 0 Å². The molecule has 5 rings (SSSR count). The summed E-state index contributed by atoms with van der Waals surface area (Å²) in [5.41, 5.74) is -0.0128. The summed E-state index contributed by atoms with van der Waals surface area (Å²) >= 11 is 0. The van der Waals surface area contributed by atoms with Crippen molar-refractivity contribution in [2.45, 2.75) is 50.4 Å². The quantitative estimate of drug-likeness (QED) is 0.896. The second-order valence-electron chi connectivity index (χ2n) is 7.60. The molecule has 1 N–H and O–H groups in total. The number of hydrogen-bond donors (Lipinski definition) is 1. The van der Waals surface area contributed by atoms with Crippen LogP contribution in [0.4, 0.5) is 11.6 Å². The molecular formula is C18H24N6O. The van der Waals surface area contributed by atoms with Crippen LogP contribution >= 0.6 is 0 Å². The number of aromatic nitrogens is 4. The molecule has 2 aliphatic carbocycles. The van der Waals surface area contributed by atoms with Crippen LogP contribution < -0.4 is 10.2 Å². The molecule has 0 spiro atoms. The van der Waals surface area contributed by atoms with Crippen molar-refractivity contribution in [3.8, 4) is 0 Å². The summed E-state index contributed by atoms with van der Waals surface area (Å²) in [5.74, 6) is 4.57. The first-order valence-corrected chi connectivity index (χ1v) is 9.44. The minimum Gasteiger partial charge on any atom is -0.424 e. The Labute approximate surface area is 147 Å². The molecule has 1 saturated heterocycles. The first kappa shape index (κ1) is 15.1. The van der Waals surface area contributed by atoms with Crippen LogP contribution in [-0.4, -0.2) is 39.8 Å². The van der Waals surface area contributed by atoms with Gasteiger partial charge < -0.3 is 14.6 Å². The van der Waals surface area contributed by atoms with Gasteiger partial charge in [0.2, 0.25) is 11.8 Å². The molecule has 7 nitrogen and oxygen atoms in total. The molecule has 7 heteroatoms. The van der Waals surface area contributed by atoms with Gasteiger partial charge in [0.25, 0.3) is 0 Å². The van der Waals surface area contributed by atoms with Crippen molar-refractivity contribution in [1.29, 1.82) is 0 Å². The molecule has 0 unspecified atom stereocenters. The average Bonchev–Trinajstić information content (AvgIpc) is 3.05. The van der Waals surface area contributed by atoms with Gasteiger partial charge in [-0.15, -0.1) is 10.2 Å². The second-order valence-corrected chi connectivity index (χ2v) is 7.60. The molecule has 0 amide bonds. The van der Waals surface area contributed by atoms with Gasteiger partial charge in [-0.1, -0.05) is 6.42 Å². The van der Waals surface area contributed by atoms with E-state index in [1.165, 1.54) is 25.7 Å². The van der Waals surface area contributed by atoms with Crippen LogP contribution in [0.3, 0.4) is 0 Å². The van der Waals surface area contributed by atoms with E-state index in [2.05, 4.69) is 37.3 Å². The second kappa shape index (κ2) is 5.68. The van der Waals surface area contributed by atoms with Gasteiger partial charge in [0, 0.05) is 37.9 Å². The summed E-state index contributed by atoms with van der Waals surface area (Å²) in [7, 11) is 0. The van der Waals surface area contributed by atoms with Crippen LogP contribution in [0.15, 0.2) is 16.8 Å². The molecule has 2 aromatic heterocycles. The molecule has 0 aromatic carbocycles. The summed E-state index contributed by atoms with van der Waals surface area (Å²) in [5, 5.41) is 12.2. The SMILES string of the molecule is CCNc1nccnc1N1C[C@@H]2CCC[C@]2(c2nnc(C3CC3)o2)C1. The third kappa shape index (κ3) is 2.40. The van der Waals surface area contributed by atoms with Gasteiger partial charge in [0.05, 0.1) is 5.41 Å². The third-order valence-corrected chi connectivity index (χ3v) is 5.99.